The average molecular weight is 155 g/mol. The highest BCUT2D eigenvalue weighted by molar-refractivity contribution is 7.85. The molecule has 0 aliphatic carbocycles. The van der Waals surface area contributed by atoms with Crippen LogP contribution in [0.25, 0.3) is 0 Å². The number of hydrogen-bond donors (Lipinski definition) is 1. The summed E-state index contributed by atoms with van der Waals surface area (Å²) >= 11 is 5.34. The molecule has 1 aromatic heterocycles. The molecule has 0 spiro atoms. The van der Waals surface area contributed by atoms with E-state index in [1.165, 1.54) is 0 Å². The summed E-state index contributed by atoms with van der Waals surface area (Å²) in [5.74, 6) is 2.74. The van der Waals surface area contributed by atoms with Crippen LogP contribution < -0.4 is 0 Å². The minimum Gasteiger partial charge on any atom is -0.233 e. The van der Waals surface area contributed by atoms with Crippen molar-refractivity contribution in [2.45, 2.75) is 6.92 Å². The highest BCUT2D eigenvalue weighted by Gasteiger charge is 1.90. The molecule has 9 heavy (non-hydrogen) atoms. The first-order valence-electron chi connectivity index (χ1n) is 2.40. The van der Waals surface area contributed by atoms with E-state index in [1.54, 1.807) is 11.3 Å². The normalized spacial score (nSPS) is 8.22. The molecule has 0 fully saturated rings. The van der Waals surface area contributed by atoms with Gasteiger partial charge < -0.3 is 0 Å². The van der Waals surface area contributed by atoms with E-state index >= 15 is 0 Å². The van der Waals surface area contributed by atoms with Crippen molar-refractivity contribution < 1.29 is 0 Å². The summed E-state index contributed by atoms with van der Waals surface area (Å²) in [6, 6.07) is 0. The van der Waals surface area contributed by atoms with Crippen molar-refractivity contribution in [1.29, 1.82) is 0 Å². The number of aromatic nitrogens is 1. The van der Waals surface area contributed by atoms with Gasteiger partial charge in [-0.25, -0.2) is 4.98 Å². The Balaban J connectivity index is 2.93. The fourth-order valence-electron chi connectivity index (χ4n) is 0.478. The lowest BCUT2D eigenvalue weighted by Gasteiger charge is -1.72. The SMILES string of the molecule is Cc1nc(C#CS)cs1. The minimum absolute atomic E-state index is 0.813. The molecule has 0 bridgehead atoms. The molecule has 1 rings (SSSR count). The Morgan fingerprint density at radius 2 is 2.56 bits per heavy atom. The molecule has 3 heteroatoms. The van der Waals surface area contributed by atoms with Crippen LogP contribution in [0.3, 0.4) is 0 Å². The lowest BCUT2D eigenvalue weighted by molar-refractivity contribution is 1.27. The van der Waals surface area contributed by atoms with Gasteiger partial charge in [0.25, 0.3) is 0 Å². The number of rotatable bonds is 0. The van der Waals surface area contributed by atoms with Gasteiger partial charge in [0.1, 0.15) is 5.69 Å². The van der Waals surface area contributed by atoms with Crippen molar-refractivity contribution in [2.75, 3.05) is 0 Å². The molecule has 1 nitrogen and oxygen atoms in total. The van der Waals surface area contributed by atoms with Crippen molar-refractivity contribution in [2.24, 2.45) is 0 Å². The molecule has 0 amide bonds. The van der Waals surface area contributed by atoms with Gasteiger partial charge in [-0.2, -0.15) is 0 Å². The summed E-state index contributed by atoms with van der Waals surface area (Å²) in [6.07, 6.45) is 0. The second kappa shape index (κ2) is 2.90. The van der Waals surface area contributed by atoms with E-state index in [-0.39, 0.29) is 0 Å². The lowest BCUT2D eigenvalue weighted by atomic mass is 10.5. The second-order valence-corrected chi connectivity index (χ2v) is 2.77. The van der Waals surface area contributed by atoms with E-state index < -0.39 is 0 Å². The van der Waals surface area contributed by atoms with Crippen LogP contribution >= 0.6 is 24.0 Å². The molecule has 0 saturated carbocycles. The molecule has 1 aromatic rings. The van der Waals surface area contributed by atoms with E-state index in [9.17, 15) is 0 Å². The summed E-state index contributed by atoms with van der Waals surface area (Å²) < 4.78 is 0. The molecule has 0 aliphatic rings. The molecule has 0 saturated heterocycles. The summed E-state index contributed by atoms with van der Waals surface area (Å²) in [5, 5.41) is 5.44. The number of thiazole rings is 1. The Hall–Kier alpha value is -0.460. The van der Waals surface area contributed by atoms with Crippen molar-refractivity contribution in [3.63, 3.8) is 0 Å². The molecular weight excluding hydrogens is 150 g/mol. The summed E-state index contributed by atoms with van der Waals surface area (Å²) in [6.45, 7) is 1.95. The fraction of sp³-hybridized carbons (Fsp3) is 0.167. The maximum Gasteiger partial charge on any atom is 0.125 e. The first-order valence-corrected chi connectivity index (χ1v) is 3.73. The number of hydrogen-bond acceptors (Lipinski definition) is 3. The van der Waals surface area contributed by atoms with Gasteiger partial charge in [0.15, 0.2) is 0 Å². The van der Waals surface area contributed by atoms with Crippen molar-refractivity contribution in [1.82, 2.24) is 4.98 Å². The van der Waals surface area contributed by atoms with Crippen LogP contribution in [0, 0.1) is 18.1 Å². The van der Waals surface area contributed by atoms with Crippen molar-refractivity contribution in [3.8, 4) is 11.2 Å². The van der Waals surface area contributed by atoms with Crippen LogP contribution in [-0.4, -0.2) is 4.98 Å². The van der Waals surface area contributed by atoms with Gasteiger partial charge in [-0.1, -0.05) is 12.6 Å². The van der Waals surface area contributed by atoms with Gasteiger partial charge in [0, 0.05) is 5.38 Å². The average Bonchev–Trinajstić information content (AvgIpc) is 2.17. The molecule has 0 N–H and O–H groups in total. The quantitative estimate of drug-likeness (QED) is 0.444. The van der Waals surface area contributed by atoms with Crippen LogP contribution in [-0.2, 0) is 0 Å². The summed E-state index contributed by atoms with van der Waals surface area (Å²) in [7, 11) is 0. The van der Waals surface area contributed by atoms with Gasteiger partial charge in [0.05, 0.1) is 5.01 Å². The Kier molecular flexibility index (Phi) is 2.15. The molecule has 0 aromatic carbocycles. The fourth-order valence-corrected chi connectivity index (χ4v) is 1.14. The number of aryl methyl sites for hydroxylation is 1. The zero-order valence-electron chi connectivity index (χ0n) is 4.88. The smallest absolute Gasteiger partial charge is 0.125 e. The Morgan fingerprint density at radius 3 is 3.00 bits per heavy atom. The monoisotopic (exact) mass is 155 g/mol. The molecule has 46 valence electrons. The standard InChI is InChI=1S/C6H5NS2/c1-5-7-6(2-3-8)4-9-5/h4,8H,1H3. The maximum absolute atomic E-state index is 4.10. The highest BCUT2D eigenvalue weighted by Crippen LogP contribution is 2.05. The van der Waals surface area contributed by atoms with E-state index in [4.69, 9.17) is 0 Å². The van der Waals surface area contributed by atoms with Gasteiger partial charge in [-0.15, -0.1) is 11.3 Å². The first kappa shape index (κ1) is 6.66. The summed E-state index contributed by atoms with van der Waals surface area (Å²) in [5.41, 5.74) is 0.813. The third-order valence-corrected chi connectivity index (χ3v) is 1.69. The van der Waals surface area contributed by atoms with Gasteiger partial charge in [-0.05, 0) is 18.1 Å². The predicted molar refractivity (Wildman–Crippen MR) is 42.7 cm³/mol. The van der Waals surface area contributed by atoms with Crippen molar-refractivity contribution >= 4 is 24.0 Å². The van der Waals surface area contributed by atoms with Crippen LogP contribution in [0.1, 0.15) is 10.7 Å². The van der Waals surface area contributed by atoms with Crippen LogP contribution in [0.4, 0.5) is 0 Å². The van der Waals surface area contributed by atoms with E-state index in [0.717, 1.165) is 10.7 Å². The van der Waals surface area contributed by atoms with Crippen LogP contribution in [0.2, 0.25) is 0 Å². The predicted octanol–water partition coefficient (Wildman–Crippen LogP) is 1.69. The topological polar surface area (TPSA) is 12.9 Å². The molecule has 0 unspecified atom stereocenters. The van der Waals surface area contributed by atoms with Gasteiger partial charge in [-0.3, -0.25) is 0 Å². The van der Waals surface area contributed by atoms with E-state index in [1.807, 2.05) is 12.3 Å². The summed E-state index contributed by atoms with van der Waals surface area (Å²) in [4.78, 5) is 4.10. The number of thiol groups is 1. The third-order valence-electron chi connectivity index (χ3n) is 0.803. The maximum atomic E-state index is 4.10. The second-order valence-electron chi connectivity index (χ2n) is 1.49. The first-order chi connectivity index (χ1) is 4.33. The van der Waals surface area contributed by atoms with E-state index in [0.29, 0.717) is 0 Å². The minimum atomic E-state index is 0.813. The third kappa shape index (κ3) is 1.74. The molecule has 0 aliphatic heterocycles. The lowest BCUT2D eigenvalue weighted by Crippen LogP contribution is -1.70. The van der Waals surface area contributed by atoms with Crippen LogP contribution in [0.5, 0.6) is 0 Å². The van der Waals surface area contributed by atoms with Crippen LogP contribution in [0.15, 0.2) is 5.38 Å². The number of nitrogens with zero attached hydrogens (tertiary/aromatic N) is 1. The zero-order chi connectivity index (χ0) is 6.69. The van der Waals surface area contributed by atoms with E-state index in [2.05, 4.69) is 28.8 Å². The zero-order valence-corrected chi connectivity index (χ0v) is 6.59. The van der Waals surface area contributed by atoms with Crippen molar-refractivity contribution in [3.05, 3.63) is 16.1 Å². The largest absolute Gasteiger partial charge is 0.233 e. The Morgan fingerprint density at radius 1 is 1.78 bits per heavy atom. The van der Waals surface area contributed by atoms with Gasteiger partial charge in [0.2, 0.25) is 0 Å². The molecule has 0 atom stereocenters. The molecular formula is C6H5NS2. The Labute approximate surface area is 63.5 Å². The molecule has 0 radical (unpaired) electrons. The Bertz CT molecular complexity index is 254. The molecule has 1 heterocycles. The van der Waals surface area contributed by atoms with Gasteiger partial charge >= 0.3 is 0 Å². The highest BCUT2D eigenvalue weighted by atomic mass is 32.1.